The van der Waals surface area contributed by atoms with Crippen molar-refractivity contribution in [1.82, 2.24) is 10.3 Å². The van der Waals surface area contributed by atoms with Gasteiger partial charge in [-0.05, 0) is 38.9 Å². The van der Waals surface area contributed by atoms with E-state index in [1.807, 2.05) is 0 Å². The summed E-state index contributed by atoms with van der Waals surface area (Å²) in [7, 11) is 0. The summed E-state index contributed by atoms with van der Waals surface area (Å²) in [5, 5.41) is 3.35. The summed E-state index contributed by atoms with van der Waals surface area (Å²) in [5.41, 5.74) is 2.39. The summed E-state index contributed by atoms with van der Waals surface area (Å²) < 4.78 is 5.67. The van der Waals surface area contributed by atoms with Crippen LogP contribution in [0.4, 0.5) is 5.82 Å². The molecule has 0 saturated carbocycles. The van der Waals surface area contributed by atoms with E-state index in [1.165, 1.54) is 5.56 Å². The summed E-state index contributed by atoms with van der Waals surface area (Å²) in [6, 6.07) is 4.71. The molecular formula is C15H25N3O. The largest absolute Gasteiger partial charge is 0.375 e. The van der Waals surface area contributed by atoms with Gasteiger partial charge in [0.25, 0.3) is 0 Å². The summed E-state index contributed by atoms with van der Waals surface area (Å²) in [6.45, 7) is 12.1. The molecule has 1 aromatic heterocycles. The SMILES string of the molecule is CCNCc1ccc(N2CC(C)OCC2C)nc1C. The number of aryl methyl sites for hydroxylation is 1. The Labute approximate surface area is 116 Å². The molecule has 2 unspecified atom stereocenters. The minimum absolute atomic E-state index is 0.278. The fourth-order valence-corrected chi connectivity index (χ4v) is 2.41. The average molecular weight is 263 g/mol. The maximum Gasteiger partial charge on any atom is 0.129 e. The van der Waals surface area contributed by atoms with E-state index in [0.29, 0.717) is 6.04 Å². The molecule has 4 nitrogen and oxygen atoms in total. The topological polar surface area (TPSA) is 37.4 Å². The Balaban J connectivity index is 2.14. The third kappa shape index (κ3) is 3.45. The highest BCUT2D eigenvalue weighted by atomic mass is 16.5. The minimum Gasteiger partial charge on any atom is -0.375 e. The molecule has 1 aliphatic heterocycles. The van der Waals surface area contributed by atoms with E-state index in [2.05, 4.69) is 50.0 Å². The van der Waals surface area contributed by atoms with Gasteiger partial charge in [0.1, 0.15) is 5.82 Å². The number of nitrogens with one attached hydrogen (secondary N) is 1. The molecule has 1 aromatic rings. The second-order valence-corrected chi connectivity index (χ2v) is 5.34. The summed E-state index contributed by atoms with van der Waals surface area (Å²) >= 11 is 0. The molecule has 2 heterocycles. The van der Waals surface area contributed by atoms with Crippen LogP contribution in [0.5, 0.6) is 0 Å². The first kappa shape index (κ1) is 14.3. The van der Waals surface area contributed by atoms with Crippen molar-refractivity contribution in [3.63, 3.8) is 0 Å². The van der Waals surface area contributed by atoms with Gasteiger partial charge >= 0.3 is 0 Å². The number of rotatable bonds is 4. The normalized spacial score (nSPS) is 23.7. The molecule has 0 radical (unpaired) electrons. The van der Waals surface area contributed by atoms with Crippen molar-refractivity contribution in [2.75, 3.05) is 24.6 Å². The van der Waals surface area contributed by atoms with Crippen LogP contribution in [0, 0.1) is 6.92 Å². The zero-order valence-electron chi connectivity index (χ0n) is 12.4. The number of pyridine rings is 1. The molecule has 1 fully saturated rings. The fraction of sp³-hybridized carbons (Fsp3) is 0.667. The highest BCUT2D eigenvalue weighted by molar-refractivity contribution is 5.43. The molecule has 1 saturated heterocycles. The Bertz CT molecular complexity index is 422. The average Bonchev–Trinajstić information content (AvgIpc) is 2.40. The van der Waals surface area contributed by atoms with Crippen molar-refractivity contribution in [2.24, 2.45) is 0 Å². The second-order valence-electron chi connectivity index (χ2n) is 5.34. The molecule has 4 heteroatoms. The van der Waals surface area contributed by atoms with Gasteiger partial charge in [0.15, 0.2) is 0 Å². The highest BCUT2D eigenvalue weighted by Gasteiger charge is 2.24. The van der Waals surface area contributed by atoms with E-state index >= 15 is 0 Å². The zero-order chi connectivity index (χ0) is 13.8. The van der Waals surface area contributed by atoms with Gasteiger partial charge in [-0.15, -0.1) is 0 Å². The lowest BCUT2D eigenvalue weighted by atomic mass is 10.1. The van der Waals surface area contributed by atoms with Gasteiger partial charge in [-0.2, -0.15) is 0 Å². The summed E-state index contributed by atoms with van der Waals surface area (Å²) in [6.07, 6.45) is 0.278. The van der Waals surface area contributed by atoms with E-state index in [1.54, 1.807) is 0 Å². The second kappa shape index (κ2) is 6.35. The van der Waals surface area contributed by atoms with E-state index in [-0.39, 0.29) is 6.10 Å². The maximum atomic E-state index is 5.67. The zero-order valence-corrected chi connectivity index (χ0v) is 12.4. The standard InChI is InChI=1S/C15H25N3O/c1-5-16-8-14-6-7-15(17-13(14)4)18-9-12(3)19-10-11(18)2/h6-7,11-12,16H,5,8-10H2,1-4H3. The maximum absolute atomic E-state index is 5.67. The Morgan fingerprint density at radius 2 is 2.21 bits per heavy atom. The van der Waals surface area contributed by atoms with Crippen molar-refractivity contribution >= 4 is 5.82 Å². The molecule has 0 amide bonds. The number of anilines is 1. The van der Waals surface area contributed by atoms with Gasteiger partial charge in [0, 0.05) is 18.8 Å². The van der Waals surface area contributed by atoms with Crippen LogP contribution in [0.2, 0.25) is 0 Å². The smallest absolute Gasteiger partial charge is 0.129 e. The molecular weight excluding hydrogens is 238 g/mol. The lowest BCUT2D eigenvalue weighted by Crippen LogP contribution is -2.47. The van der Waals surface area contributed by atoms with Crippen LogP contribution in [0.1, 0.15) is 32.0 Å². The lowest BCUT2D eigenvalue weighted by Gasteiger charge is -2.37. The summed E-state index contributed by atoms with van der Waals surface area (Å²) in [5.74, 6) is 1.07. The Hall–Kier alpha value is -1.13. The van der Waals surface area contributed by atoms with Crippen LogP contribution < -0.4 is 10.2 Å². The van der Waals surface area contributed by atoms with Crippen LogP contribution in [-0.4, -0.2) is 36.8 Å². The Morgan fingerprint density at radius 3 is 2.89 bits per heavy atom. The number of hydrogen-bond donors (Lipinski definition) is 1. The Kier molecular flexibility index (Phi) is 4.77. The van der Waals surface area contributed by atoms with Crippen molar-refractivity contribution in [1.29, 1.82) is 0 Å². The van der Waals surface area contributed by atoms with Gasteiger partial charge in [-0.3, -0.25) is 0 Å². The van der Waals surface area contributed by atoms with E-state index in [4.69, 9.17) is 9.72 Å². The van der Waals surface area contributed by atoms with E-state index < -0.39 is 0 Å². The van der Waals surface area contributed by atoms with Crippen LogP contribution in [-0.2, 0) is 11.3 Å². The van der Waals surface area contributed by atoms with Crippen molar-refractivity contribution in [2.45, 2.75) is 46.4 Å². The molecule has 1 N–H and O–H groups in total. The van der Waals surface area contributed by atoms with Gasteiger partial charge < -0.3 is 15.0 Å². The van der Waals surface area contributed by atoms with Crippen molar-refractivity contribution in [3.8, 4) is 0 Å². The molecule has 0 spiro atoms. The predicted molar refractivity (Wildman–Crippen MR) is 78.6 cm³/mol. The lowest BCUT2D eigenvalue weighted by molar-refractivity contribution is 0.0340. The van der Waals surface area contributed by atoms with Gasteiger partial charge in [0.05, 0.1) is 18.8 Å². The molecule has 2 atom stereocenters. The molecule has 0 aliphatic carbocycles. The van der Waals surface area contributed by atoms with Crippen LogP contribution in [0.3, 0.4) is 0 Å². The van der Waals surface area contributed by atoms with Crippen molar-refractivity contribution in [3.05, 3.63) is 23.4 Å². The minimum atomic E-state index is 0.278. The monoisotopic (exact) mass is 263 g/mol. The van der Waals surface area contributed by atoms with Gasteiger partial charge in [0.2, 0.25) is 0 Å². The van der Waals surface area contributed by atoms with Crippen molar-refractivity contribution < 1.29 is 4.74 Å². The fourth-order valence-electron chi connectivity index (χ4n) is 2.41. The highest BCUT2D eigenvalue weighted by Crippen LogP contribution is 2.21. The molecule has 0 bridgehead atoms. The Morgan fingerprint density at radius 1 is 1.42 bits per heavy atom. The predicted octanol–water partition coefficient (Wildman–Crippen LogP) is 2.11. The molecule has 2 rings (SSSR count). The van der Waals surface area contributed by atoms with E-state index in [0.717, 1.165) is 37.8 Å². The number of aromatic nitrogens is 1. The third-order valence-corrected chi connectivity index (χ3v) is 3.65. The van der Waals surface area contributed by atoms with Gasteiger partial charge in [-0.25, -0.2) is 4.98 Å². The number of ether oxygens (including phenoxy) is 1. The first-order valence-electron chi connectivity index (χ1n) is 7.17. The molecule has 106 valence electrons. The first-order chi connectivity index (χ1) is 9.11. The number of morpholine rings is 1. The van der Waals surface area contributed by atoms with Crippen LogP contribution >= 0.6 is 0 Å². The third-order valence-electron chi connectivity index (χ3n) is 3.65. The van der Waals surface area contributed by atoms with Gasteiger partial charge in [-0.1, -0.05) is 13.0 Å². The van der Waals surface area contributed by atoms with Crippen LogP contribution in [0.15, 0.2) is 12.1 Å². The van der Waals surface area contributed by atoms with Crippen LogP contribution in [0.25, 0.3) is 0 Å². The van der Waals surface area contributed by atoms with E-state index in [9.17, 15) is 0 Å². The number of nitrogens with zero attached hydrogens (tertiary/aromatic N) is 2. The summed E-state index contributed by atoms with van der Waals surface area (Å²) in [4.78, 5) is 7.11. The molecule has 19 heavy (non-hydrogen) atoms. The molecule has 0 aromatic carbocycles. The number of hydrogen-bond acceptors (Lipinski definition) is 4. The quantitative estimate of drug-likeness (QED) is 0.903. The molecule has 1 aliphatic rings. The first-order valence-corrected chi connectivity index (χ1v) is 7.17.